The molecule has 4 rings (SSSR count). The minimum atomic E-state index is -0.364. The van der Waals surface area contributed by atoms with Gasteiger partial charge in [-0.1, -0.05) is 0 Å². The molecule has 26 heavy (non-hydrogen) atoms. The second kappa shape index (κ2) is 6.37. The van der Waals surface area contributed by atoms with Gasteiger partial charge in [0, 0.05) is 24.0 Å². The first-order valence-electron chi connectivity index (χ1n) is 9.42. The summed E-state index contributed by atoms with van der Waals surface area (Å²) in [7, 11) is 0. The zero-order chi connectivity index (χ0) is 18.4. The first kappa shape index (κ1) is 17.0. The molecule has 0 radical (unpaired) electrons. The van der Waals surface area contributed by atoms with Crippen molar-refractivity contribution in [1.82, 2.24) is 25.0 Å². The number of aryl methyl sites for hydroxylation is 1. The van der Waals surface area contributed by atoms with Gasteiger partial charge in [-0.3, -0.25) is 9.59 Å². The van der Waals surface area contributed by atoms with Crippen LogP contribution in [-0.4, -0.2) is 50.1 Å². The third-order valence-electron chi connectivity index (χ3n) is 5.22. The summed E-state index contributed by atoms with van der Waals surface area (Å²) in [6.45, 7) is 6.57. The van der Waals surface area contributed by atoms with Gasteiger partial charge in [-0.2, -0.15) is 5.10 Å². The molecule has 2 amide bonds. The zero-order valence-electron chi connectivity index (χ0n) is 15.5. The molecule has 0 aromatic carbocycles. The van der Waals surface area contributed by atoms with E-state index in [-0.39, 0.29) is 23.9 Å². The molecule has 1 aliphatic carbocycles. The van der Waals surface area contributed by atoms with Crippen molar-refractivity contribution < 1.29 is 9.59 Å². The molecule has 2 fully saturated rings. The number of carbonyl (C=O) groups excluding carboxylic acids is 2. The SMILES string of the molecule is Cc1nc2c(cnn2C(C)C)cc1C(=O)N1CCCC1C(=O)NC1CC1. The molecular weight excluding hydrogens is 330 g/mol. The Kier molecular flexibility index (Phi) is 4.17. The summed E-state index contributed by atoms with van der Waals surface area (Å²) in [6.07, 6.45) is 5.43. The second-order valence-electron chi connectivity index (χ2n) is 7.66. The van der Waals surface area contributed by atoms with Crippen LogP contribution in [0, 0.1) is 6.92 Å². The topological polar surface area (TPSA) is 80.1 Å². The number of hydrogen-bond acceptors (Lipinski definition) is 4. The van der Waals surface area contributed by atoms with Crippen molar-refractivity contribution in [3.05, 3.63) is 23.5 Å². The van der Waals surface area contributed by atoms with E-state index >= 15 is 0 Å². The Labute approximate surface area is 152 Å². The Morgan fingerprint density at radius 3 is 2.73 bits per heavy atom. The van der Waals surface area contributed by atoms with Crippen molar-refractivity contribution in [3.8, 4) is 0 Å². The molecule has 1 aliphatic heterocycles. The summed E-state index contributed by atoms with van der Waals surface area (Å²) < 4.78 is 1.86. The molecule has 1 unspecified atom stereocenters. The number of hydrogen-bond donors (Lipinski definition) is 1. The molecule has 0 spiro atoms. The summed E-state index contributed by atoms with van der Waals surface area (Å²) in [6, 6.07) is 2.01. The van der Waals surface area contributed by atoms with Crippen LogP contribution in [0.2, 0.25) is 0 Å². The number of nitrogens with one attached hydrogen (secondary N) is 1. The number of pyridine rings is 1. The number of nitrogens with zero attached hydrogens (tertiary/aromatic N) is 4. The molecule has 1 saturated carbocycles. The third kappa shape index (κ3) is 2.95. The van der Waals surface area contributed by atoms with Crippen LogP contribution in [0.15, 0.2) is 12.3 Å². The normalized spacial score (nSPS) is 20.2. The molecule has 138 valence electrons. The molecule has 7 nitrogen and oxygen atoms in total. The smallest absolute Gasteiger partial charge is 0.256 e. The average molecular weight is 355 g/mol. The Bertz CT molecular complexity index is 868. The third-order valence-corrected chi connectivity index (χ3v) is 5.22. The van der Waals surface area contributed by atoms with E-state index in [1.165, 1.54) is 0 Å². The zero-order valence-corrected chi connectivity index (χ0v) is 15.5. The predicted octanol–water partition coefficient (Wildman–Crippen LogP) is 2.20. The molecule has 3 heterocycles. The summed E-state index contributed by atoms with van der Waals surface area (Å²) >= 11 is 0. The lowest BCUT2D eigenvalue weighted by atomic mass is 10.1. The van der Waals surface area contributed by atoms with Crippen LogP contribution < -0.4 is 5.32 Å². The Hall–Kier alpha value is -2.44. The molecule has 2 aromatic heterocycles. The highest BCUT2D eigenvalue weighted by Crippen LogP contribution is 2.26. The molecule has 0 bridgehead atoms. The van der Waals surface area contributed by atoms with E-state index in [9.17, 15) is 9.59 Å². The van der Waals surface area contributed by atoms with Gasteiger partial charge in [-0.25, -0.2) is 9.67 Å². The van der Waals surface area contributed by atoms with Gasteiger partial charge in [-0.05, 0) is 52.5 Å². The second-order valence-corrected chi connectivity index (χ2v) is 7.66. The van der Waals surface area contributed by atoms with Gasteiger partial charge in [0.25, 0.3) is 5.91 Å². The summed E-state index contributed by atoms with van der Waals surface area (Å²) in [4.78, 5) is 32.0. The van der Waals surface area contributed by atoms with Crippen LogP contribution in [0.3, 0.4) is 0 Å². The molecular formula is C19H25N5O2. The largest absolute Gasteiger partial charge is 0.352 e. The highest BCUT2D eigenvalue weighted by atomic mass is 16.2. The van der Waals surface area contributed by atoms with Crippen molar-refractivity contribution in [3.63, 3.8) is 0 Å². The fourth-order valence-corrected chi connectivity index (χ4v) is 3.62. The highest BCUT2D eigenvalue weighted by molar-refractivity contribution is 6.00. The van der Waals surface area contributed by atoms with Crippen molar-refractivity contribution in [2.75, 3.05) is 6.54 Å². The first-order chi connectivity index (χ1) is 12.5. The summed E-state index contributed by atoms with van der Waals surface area (Å²) in [5, 5.41) is 8.26. The van der Waals surface area contributed by atoms with Gasteiger partial charge >= 0.3 is 0 Å². The Morgan fingerprint density at radius 2 is 2.04 bits per heavy atom. The fraction of sp³-hybridized carbons (Fsp3) is 0.579. The van der Waals surface area contributed by atoms with Crippen molar-refractivity contribution in [1.29, 1.82) is 0 Å². The van der Waals surface area contributed by atoms with Crippen LogP contribution in [0.1, 0.15) is 61.6 Å². The van der Waals surface area contributed by atoms with E-state index in [1.54, 1.807) is 11.1 Å². The molecule has 2 aromatic rings. The lowest BCUT2D eigenvalue weighted by molar-refractivity contribution is -0.125. The van der Waals surface area contributed by atoms with E-state index in [2.05, 4.69) is 29.2 Å². The highest BCUT2D eigenvalue weighted by Gasteiger charge is 2.37. The van der Waals surface area contributed by atoms with Crippen molar-refractivity contribution >= 4 is 22.8 Å². The maximum atomic E-state index is 13.1. The molecule has 1 saturated heterocycles. The summed E-state index contributed by atoms with van der Waals surface area (Å²) in [5.41, 5.74) is 2.03. The van der Waals surface area contributed by atoms with Crippen LogP contribution in [0.25, 0.3) is 11.0 Å². The van der Waals surface area contributed by atoms with E-state index in [4.69, 9.17) is 0 Å². The van der Waals surface area contributed by atoms with Crippen LogP contribution >= 0.6 is 0 Å². The molecule has 1 N–H and O–H groups in total. The van der Waals surface area contributed by atoms with Crippen molar-refractivity contribution in [2.45, 2.75) is 64.6 Å². The molecule has 1 atom stereocenters. The maximum absolute atomic E-state index is 13.1. The fourth-order valence-electron chi connectivity index (χ4n) is 3.62. The molecule has 7 heteroatoms. The van der Waals surface area contributed by atoms with Gasteiger partial charge < -0.3 is 10.2 Å². The van der Waals surface area contributed by atoms with Crippen LogP contribution in [0.5, 0.6) is 0 Å². The Balaban J connectivity index is 1.62. The number of likely N-dealkylation sites (tertiary alicyclic amines) is 1. The van der Waals surface area contributed by atoms with E-state index < -0.39 is 0 Å². The number of rotatable bonds is 4. The lowest BCUT2D eigenvalue weighted by Crippen LogP contribution is -2.46. The average Bonchev–Trinajstić information content (AvgIpc) is 3.11. The summed E-state index contributed by atoms with van der Waals surface area (Å²) in [5.74, 6) is -0.125. The van der Waals surface area contributed by atoms with Crippen LogP contribution in [-0.2, 0) is 4.79 Å². The van der Waals surface area contributed by atoms with Gasteiger partial charge in [-0.15, -0.1) is 0 Å². The number of amides is 2. The number of fused-ring (bicyclic) bond motifs is 1. The monoisotopic (exact) mass is 355 g/mol. The number of aromatic nitrogens is 3. The maximum Gasteiger partial charge on any atom is 0.256 e. The first-order valence-corrected chi connectivity index (χ1v) is 9.42. The predicted molar refractivity (Wildman–Crippen MR) is 97.9 cm³/mol. The van der Waals surface area contributed by atoms with Crippen LogP contribution in [0.4, 0.5) is 0 Å². The van der Waals surface area contributed by atoms with Gasteiger partial charge in [0.15, 0.2) is 5.65 Å². The minimum Gasteiger partial charge on any atom is -0.352 e. The van der Waals surface area contributed by atoms with Gasteiger partial charge in [0.05, 0.1) is 17.5 Å². The van der Waals surface area contributed by atoms with Gasteiger partial charge in [0.2, 0.25) is 5.91 Å². The van der Waals surface area contributed by atoms with Gasteiger partial charge in [0.1, 0.15) is 6.04 Å². The lowest BCUT2D eigenvalue weighted by Gasteiger charge is -2.24. The Morgan fingerprint density at radius 1 is 1.27 bits per heavy atom. The minimum absolute atomic E-state index is 0.0160. The van der Waals surface area contributed by atoms with E-state index in [0.717, 1.165) is 36.7 Å². The quantitative estimate of drug-likeness (QED) is 0.912. The van der Waals surface area contributed by atoms with E-state index in [1.807, 2.05) is 17.7 Å². The number of carbonyl (C=O) groups is 2. The van der Waals surface area contributed by atoms with E-state index in [0.29, 0.717) is 23.8 Å². The molecule has 2 aliphatic rings. The standard InChI is InChI=1S/C19H25N5O2/c1-11(2)24-17-13(10-20-24)9-15(12(3)21-17)19(26)23-8-4-5-16(23)18(25)22-14-6-7-14/h9-11,14,16H,4-8H2,1-3H3,(H,22,25). The van der Waals surface area contributed by atoms with Crippen molar-refractivity contribution in [2.24, 2.45) is 0 Å².